The van der Waals surface area contributed by atoms with Crippen LogP contribution in [-0.4, -0.2) is 18.1 Å². The highest BCUT2D eigenvalue weighted by Gasteiger charge is 2.16. The summed E-state index contributed by atoms with van der Waals surface area (Å²) in [7, 11) is 0. The Kier molecular flexibility index (Phi) is 1.09. The first-order valence-electron chi connectivity index (χ1n) is 3.56. The van der Waals surface area contributed by atoms with Crippen LogP contribution in [0.15, 0.2) is 12.3 Å². The molecule has 0 aliphatic carbocycles. The zero-order valence-electron chi connectivity index (χ0n) is 5.80. The van der Waals surface area contributed by atoms with E-state index in [2.05, 4.69) is 9.88 Å². The van der Waals surface area contributed by atoms with Crippen LogP contribution in [0.3, 0.4) is 0 Å². The van der Waals surface area contributed by atoms with E-state index in [1.807, 2.05) is 12.3 Å². The number of rotatable bonds is 1. The maximum Gasteiger partial charge on any atom is 0.124 e. The van der Waals surface area contributed by atoms with Gasteiger partial charge in [0.1, 0.15) is 5.82 Å². The largest absolute Gasteiger partial charge is 0.384 e. The highest BCUT2D eigenvalue weighted by Crippen LogP contribution is 2.25. The van der Waals surface area contributed by atoms with Crippen LogP contribution in [0.1, 0.15) is 6.42 Å². The summed E-state index contributed by atoms with van der Waals surface area (Å²) in [5.41, 5.74) is 6.81. The van der Waals surface area contributed by atoms with Crippen molar-refractivity contribution < 1.29 is 0 Å². The predicted molar refractivity (Wildman–Crippen MR) is 42.0 cm³/mol. The molecule has 0 saturated carbocycles. The lowest BCUT2D eigenvalue weighted by molar-refractivity contribution is 0.619. The number of aromatic nitrogens is 1. The van der Waals surface area contributed by atoms with Crippen molar-refractivity contribution >= 4 is 11.5 Å². The molecule has 1 aromatic rings. The Bertz CT molecular complexity index is 225. The molecule has 1 fully saturated rings. The van der Waals surface area contributed by atoms with Gasteiger partial charge in [-0.2, -0.15) is 0 Å². The molecule has 0 atom stereocenters. The quantitative estimate of drug-likeness (QED) is 0.601. The summed E-state index contributed by atoms with van der Waals surface area (Å²) in [4.78, 5) is 5.22. The van der Waals surface area contributed by atoms with E-state index in [1.165, 1.54) is 6.42 Å². The highest BCUT2D eigenvalue weighted by molar-refractivity contribution is 5.64. The van der Waals surface area contributed by atoms with Crippen molar-refractivity contribution in [3.63, 3.8) is 0 Å². The van der Waals surface area contributed by atoms with Gasteiger partial charge in [0.2, 0.25) is 0 Å². The van der Waals surface area contributed by atoms with Gasteiger partial charge < -0.3 is 15.6 Å². The summed E-state index contributed by atoms with van der Waals surface area (Å²) in [5.74, 6) is 0.791. The number of nitrogens with one attached hydrogen (secondary N) is 1. The van der Waals surface area contributed by atoms with E-state index >= 15 is 0 Å². The lowest BCUT2D eigenvalue weighted by Gasteiger charge is -2.32. The van der Waals surface area contributed by atoms with Crippen LogP contribution in [0, 0.1) is 0 Å². The van der Waals surface area contributed by atoms with Gasteiger partial charge in [0, 0.05) is 19.3 Å². The number of nitrogens with two attached hydrogens (primary N) is 1. The van der Waals surface area contributed by atoms with Gasteiger partial charge >= 0.3 is 0 Å². The van der Waals surface area contributed by atoms with E-state index in [9.17, 15) is 0 Å². The van der Waals surface area contributed by atoms with E-state index in [4.69, 9.17) is 5.73 Å². The van der Waals surface area contributed by atoms with Crippen molar-refractivity contribution in [3.05, 3.63) is 12.3 Å². The minimum atomic E-state index is 0.791. The SMILES string of the molecule is Nc1[nH]ccc1N1CCC1. The van der Waals surface area contributed by atoms with Gasteiger partial charge in [0.05, 0.1) is 5.69 Å². The summed E-state index contributed by atoms with van der Waals surface area (Å²) >= 11 is 0. The van der Waals surface area contributed by atoms with Crippen LogP contribution in [-0.2, 0) is 0 Å². The summed E-state index contributed by atoms with van der Waals surface area (Å²) in [6, 6.07) is 2.02. The molecule has 2 heterocycles. The maximum absolute atomic E-state index is 5.65. The van der Waals surface area contributed by atoms with Crippen LogP contribution >= 0.6 is 0 Å². The van der Waals surface area contributed by atoms with Gasteiger partial charge in [-0.05, 0) is 12.5 Å². The van der Waals surface area contributed by atoms with Gasteiger partial charge in [0.15, 0.2) is 0 Å². The lowest BCUT2D eigenvalue weighted by Crippen LogP contribution is -2.37. The number of hydrogen-bond donors (Lipinski definition) is 2. The molecule has 1 aliphatic heterocycles. The van der Waals surface area contributed by atoms with Crippen molar-refractivity contribution in [1.29, 1.82) is 0 Å². The fraction of sp³-hybridized carbons (Fsp3) is 0.429. The molecule has 1 aliphatic rings. The molecule has 10 heavy (non-hydrogen) atoms. The molecule has 0 amide bonds. The minimum absolute atomic E-state index is 0.791. The maximum atomic E-state index is 5.65. The van der Waals surface area contributed by atoms with Gasteiger partial charge in [-0.15, -0.1) is 0 Å². The molecule has 0 unspecified atom stereocenters. The van der Waals surface area contributed by atoms with E-state index in [0.717, 1.165) is 24.6 Å². The molecule has 3 heteroatoms. The molecule has 0 bridgehead atoms. The third-order valence-corrected chi connectivity index (χ3v) is 1.95. The highest BCUT2D eigenvalue weighted by atomic mass is 15.2. The van der Waals surface area contributed by atoms with E-state index in [-0.39, 0.29) is 0 Å². The summed E-state index contributed by atoms with van der Waals surface area (Å²) < 4.78 is 0. The molecule has 3 nitrogen and oxygen atoms in total. The third kappa shape index (κ3) is 0.667. The predicted octanol–water partition coefficient (Wildman–Crippen LogP) is 0.807. The molecule has 0 aromatic carbocycles. The first kappa shape index (κ1) is 5.65. The average molecular weight is 137 g/mol. The average Bonchev–Trinajstić information content (AvgIpc) is 2.12. The van der Waals surface area contributed by atoms with E-state index in [1.54, 1.807) is 0 Å². The molecule has 2 rings (SSSR count). The van der Waals surface area contributed by atoms with Crippen molar-refractivity contribution in [2.45, 2.75) is 6.42 Å². The van der Waals surface area contributed by atoms with Crippen molar-refractivity contribution in [3.8, 4) is 0 Å². The van der Waals surface area contributed by atoms with E-state index < -0.39 is 0 Å². The van der Waals surface area contributed by atoms with Crippen LogP contribution < -0.4 is 10.6 Å². The lowest BCUT2D eigenvalue weighted by atomic mass is 10.2. The normalized spacial score (nSPS) is 17.0. The van der Waals surface area contributed by atoms with Gasteiger partial charge in [-0.25, -0.2) is 0 Å². The first-order chi connectivity index (χ1) is 4.88. The Morgan fingerprint density at radius 3 is 2.70 bits per heavy atom. The molecule has 0 spiro atoms. The molecule has 54 valence electrons. The second kappa shape index (κ2) is 1.94. The number of hydrogen-bond acceptors (Lipinski definition) is 2. The minimum Gasteiger partial charge on any atom is -0.384 e. The van der Waals surface area contributed by atoms with E-state index in [0.29, 0.717) is 0 Å². The molecule has 0 radical (unpaired) electrons. The topological polar surface area (TPSA) is 45.1 Å². The number of H-pyrrole nitrogens is 1. The Hall–Kier alpha value is -1.12. The summed E-state index contributed by atoms with van der Waals surface area (Å²) in [6.07, 6.45) is 3.17. The summed E-state index contributed by atoms with van der Waals surface area (Å²) in [5, 5.41) is 0. The fourth-order valence-corrected chi connectivity index (χ4v) is 1.21. The molecular weight excluding hydrogens is 126 g/mol. The van der Waals surface area contributed by atoms with Crippen LogP contribution in [0.5, 0.6) is 0 Å². The zero-order chi connectivity index (χ0) is 6.97. The second-order valence-corrected chi connectivity index (χ2v) is 2.62. The van der Waals surface area contributed by atoms with Gasteiger partial charge in [-0.3, -0.25) is 0 Å². The van der Waals surface area contributed by atoms with Crippen LogP contribution in [0.4, 0.5) is 11.5 Å². The zero-order valence-corrected chi connectivity index (χ0v) is 5.80. The van der Waals surface area contributed by atoms with Crippen molar-refractivity contribution in [1.82, 2.24) is 4.98 Å². The number of nitrogens with zero attached hydrogens (tertiary/aromatic N) is 1. The number of nitrogen functional groups attached to an aromatic ring is 1. The Morgan fingerprint density at radius 2 is 2.30 bits per heavy atom. The number of aromatic amines is 1. The first-order valence-corrected chi connectivity index (χ1v) is 3.56. The third-order valence-electron chi connectivity index (χ3n) is 1.95. The van der Waals surface area contributed by atoms with Gasteiger partial charge in [-0.1, -0.05) is 0 Å². The second-order valence-electron chi connectivity index (χ2n) is 2.62. The van der Waals surface area contributed by atoms with Crippen LogP contribution in [0.2, 0.25) is 0 Å². The number of anilines is 2. The molecule has 3 N–H and O–H groups in total. The fourth-order valence-electron chi connectivity index (χ4n) is 1.21. The smallest absolute Gasteiger partial charge is 0.124 e. The van der Waals surface area contributed by atoms with Crippen molar-refractivity contribution in [2.75, 3.05) is 23.7 Å². The van der Waals surface area contributed by atoms with Crippen molar-refractivity contribution in [2.24, 2.45) is 0 Å². The Labute approximate surface area is 59.8 Å². The Balaban J connectivity index is 2.23. The molecule has 1 saturated heterocycles. The monoisotopic (exact) mass is 137 g/mol. The van der Waals surface area contributed by atoms with Crippen LogP contribution in [0.25, 0.3) is 0 Å². The summed E-state index contributed by atoms with van der Waals surface area (Å²) in [6.45, 7) is 2.31. The van der Waals surface area contributed by atoms with Gasteiger partial charge in [0.25, 0.3) is 0 Å². The molecule has 1 aromatic heterocycles. The standard InChI is InChI=1S/C7H11N3/c8-7-6(2-3-9-7)10-4-1-5-10/h2-3,9H,1,4-5,8H2. The molecular formula is C7H11N3. The Morgan fingerprint density at radius 1 is 1.50 bits per heavy atom.